The van der Waals surface area contributed by atoms with E-state index >= 15 is 0 Å². The number of aromatic nitrogens is 2. The van der Waals surface area contributed by atoms with Crippen LogP contribution >= 0.6 is 11.8 Å². The Morgan fingerprint density at radius 1 is 1.60 bits per heavy atom. The van der Waals surface area contributed by atoms with E-state index in [4.69, 9.17) is 5.11 Å². The number of thioether (sulfide) groups is 1. The zero-order chi connectivity index (χ0) is 11.3. The van der Waals surface area contributed by atoms with Gasteiger partial charge in [0.2, 0.25) is 0 Å². The molecule has 1 aromatic heterocycles. The standard InChI is InChI=1S/C9H13N3O2S/c1-9(10-2,7(13)14)6-15-8-11-4-3-5-12-8/h3-5,10H,6H2,1-2H3,(H,13,14). The van der Waals surface area contributed by atoms with Gasteiger partial charge in [-0.25, -0.2) is 9.97 Å². The fraction of sp³-hybridized carbons (Fsp3) is 0.444. The minimum absolute atomic E-state index is 0.378. The van der Waals surface area contributed by atoms with Gasteiger partial charge in [0.15, 0.2) is 5.16 Å². The van der Waals surface area contributed by atoms with Gasteiger partial charge in [0.05, 0.1) is 0 Å². The maximum atomic E-state index is 11.0. The van der Waals surface area contributed by atoms with Gasteiger partial charge in [-0.1, -0.05) is 11.8 Å². The fourth-order valence-electron chi connectivity index (χ4n) is 0.810. The van der Waals surface area contributed by atoms with E-state index in [-0.39, 0.29) is 0 Å². The number of hydrogen-bond donors (Lipinski definition) is 2. The molecule has 0 spiro atoms. The van der Waals surface area contributed by atoms with Crippen molar-refractivity contribution in [3.05, 3.63) is 18.5 Å². The molecule has 0 amide bonds. The second-order valence-corrected chi connectivity index (χ2v) is 4.15. The van der Waals surface area contributed by atoms with E-state index in [0.29, 0.717) is 10.9 Å². The molecule has 0 bridgehead atoms. The van der Waals surface area contributed by atoms with Crippen molar-refractivity contribution in [2.24, 2.45) is 0 Å². The van der Waals surface area contributed by atoms with E-state index in [1.807, 2.05) is 0 Å². The number of nitrogens with one attached hydrogen (secondary N) is 1. The average molecular weight is 227 g/mol. The molecule has 0 aromatic carbocycles. The Morgan fingerprint density at radius 2 is 2.20 bits per heavy atom. The predicted molar refractivity (Wildman–Crippen MR) is 57.9 cm³/mol. The largest absolute Gasteiger partial charge is 0.480 e. The molecular weight excluding hydrogens is 214 g/mol. The molecule has 0 saturated carbocycles. The molecule has 2 N–H and O–H groups in total. The zero-order valence-electron chi connectivity index (χ0n) is 8.60. The molecule has 1 atom stereocenters. The minimum Gasteiger partial charge on any atom is -0.480 e. The smallest absolute Gasteiger partial charge is 0.324 e. The van der Waals surface area contributed by atoms with Crippen LogP contribution in [0, 0.1) is 0 Å². The molecule has 6 heteroatoms. The second-order valence-electron chi connectivity index (χ2n) is 3.21. The van der Waals surface area contributed by atoms with E-state index in [1.165, 1.54) is 11.8 Å². The molecule has 0 radical (unpaired) electrons. The normalized spacial score (nSPS) is 14.5. The van der Waals surface area contributed by atoms with Crippen molar-refractivity contribution in [2.75, 3.05) is 12.8 Å². The lowest BCUT2D eigenvalue weighted by Crippen LogP contribution is -2.49. The van der Waals surface area contributed by atoms with Crippen LogP contribution in [0.5, 0.6) is 0 Å². The number of rotatable bonds is 5. The molecule has 1 heterocycles. The van der Waals surface area contributed by atoms with Gasteiger partial charge in [0.1, 0.15) is 5.54 Å². The van der Waals surface area contributed by atoms with Gasteiger partial charge in [-0.2, -0.15) is 0 Å². The van der Waals surface area contributed by atoms with Crippen LogP contribution in [0.4, 0.5) is 0 Å². The summed E-state index contributed by atoms with van der Waals surface area (Å²) in [6, 6.07) is 1.72. The Bertz CT molecular complexity index is 333. The number of carboxylic acids is 1. The summed E-state index contributed by atoms with van der Waals surface area (Å²) < 4.78 is 0. The third-order valence-electron chi connectivity index (χ3n) is 2.06. The quantitative estimate of drug-likeness (QED) is 0.567. The summed E-state index contributed by atoms with van der Waals surface area (Å²) in [5.41, 5.74) is -0.954. The molecule has 1 unspecified atom stereocenters. The van der Waals surface area contributed by atoms with Crippen LogP contribution in [0.25, 0.3) is 0 Å². The number of aliphatic carboxylic acids is 1. The Balaban J connectivity index is 2.59. The Hall–Kier alpha value is -1.14. The Labute approximate surface area is 92.3 Å². The van der Waals surface area contributed by atoms with Gasteiger partial charge in [0.25, 0.3) is 0 Å². The van der Waals surface area contributed by atoms with Crippen molar-refractivity contribution in [1.82, 2.24) is 15.3 Å². The topological polar surface area (TPSA) is 75.1 Å². The summed E-state index contributed by atoms with van der Waals surface area (Å²) >= 11 is 1.31. The fourth-order valence-corrected chi connectivity index (χ4v) is 1.77. The van der Waals surface area contributed by atoms with Crippen molar-refractivity contribution < 1.29 is 9.90 Å². The Kier molecular flexibility index (Phi) is 4.05. The van der Waals surface area contributed by atoms with Crippen LogP contribution in [0.15, 0.2) is 23.6 Å². The van der Waals surface area contributed by atoms with Gasteiger partial charge in [-0.05, 0) is 20.0 Å². The molecule has 1 rings (SSSR count). The molecule has 0 saturated heterocycles. The lowest BCUT2D eigenvalue weighted by molar-refractivity contribution is -0.142. The molecule has 0 fully saturated rings. The summed E-state index contributed by atoms with van der Waals surface area (Å²) in [5.74, 6) is -0.503. The monoisotopic (exact) mass is 227 g/mol. The number of hydrogen-bond acceptors (Lipinski definition) is 5. The van der Waals surface area contributed by atoms with E-state index in [0.717, 1.165) is 0 Å². The van der Waals surface area contributed by atoms with Crippen LogP contribution < -0.4 is 5.32 Å². The molecule has 0 aliphatic rings. The van der Waals surface area contributed by atoms with E-state index in [2.05, 4.69) is 15.3 Å². The first-order valence-corrected chi connectivity index (χ1v) is 5.39. The zero-order valence-corrected chi connectivity index (χ0v) is 9.41. The van der Waals surface area contributed by atoms with Gasteiger partial charge < -0.3 is 10.4 Å². The highest BCUT2D eigenvalue weighted by molar-refractivity contribution is 7.99. The summed E-state index contributed by atoms with van der Waals surface area (Å²) in [4.78, 5) is 19.0. The highest BCUT2D eigenvalue weighted by atomic mass is 32.2. The summed E-state index contributed by atoms with van der Waals surface area (Å²) in [7, 11) is 1.63. The summed E-state index contributed by atoms with van der Waals surface area (Å²) in [6.45, 7) is 1.63. The van der Waals surface area contributed by atoms with Crippen molar-refractivity contribution >= 4 is 17.7 Å². The highest BCUT2D eigenvalue weighted by Gasteiger charge is 2.31. The SMILES string of the molecule is CNC(C)(CSc1ncccn1)C(=O)O. The lowest BCUT2D eigenvalue weighted by Gasteiger charge is -2.22. The van der Waals surface area contributed by atoms with Crippen LogP contribution in [-0.4, -0.2) is 39.4 Å². The first-order chi connectivity index (χ1) is 7.08. The number of nitrogens with zero attached hydrogens (tertiary/aromatic N) is 2. The minimum atomic E-state index is -0.954. The number of carbonyl (C=O) groups is 1. The maximum Gasteiger partial charge on any atom is 0.324 e. The predicted octanol–water partition coefficient (Wildman–Crippen LogP) is 0.631. The first kappa shape index (κ1) is 11.9. The van der Waals surface area contributed by atoms with Crippen LogP contribution in [0.2, 0.25) is 0 Å². The molecule has 15 heavy (non-hydrogen) atoms. The van der Waals surface area contributed by atoms with Crippen LogP contribution in [0.3, 0.4) is 0 Å². The summed E-state index contributed by atoms with van der Waals surface area (Å²) in [6.07, 6.45) is 3.26. The van der Waals surface area contributed by atoms with Crippen LogP contribution in [0.1, 0.15) is 6.92 Å². The molecule has 82 valence electrons. The van der Waals surface area contributed by atoms with Crippen molar-refractivity contribution in [2.45, 2.75) is 17.6 Å². The molecular formula is C9H13N3O2S. The third kappa shape index (κ3) is 3.17. The van der Waals surface area contributed by atoms with Gasteiger partial charge in [-0.15, -0.1) is 0 Å². The molecule has 1 aromatic rings. The van der Waals surface area contributed by atoms with E-state index in [9.17, 15) is 4.79 Å². The molecule has 0 aliphatic carbocycles. The van der Waals surface area contributed by atoms with E-state index in [1.54, 1.807) is 32.4 Å². The van der Waals surface area contributed by atoms with Gasteiger partial charge >= 0.3 is 5.97 Å². The first-order valence-electron chi connectivity index (χ1n) is 4.40. The highest BCUT2D eigenvalue weighted by Crippen LogP contribution is 2.18. The molecule has 0 aliphatic heterocycles. The molecule has 5 nitrogen and oxygen atoms in total. The lowest BCUT2D eigenvalue weighted by atomic mass is 10.1. The number of carboxylic acid groups (broad SMARTS) is 1. The van der Waals surface area contributed by atoms with Crippen LogP contribution in [-0.2, 0) is 4.79 Å². The average Bonchev–Trinajstić information content (AvgIpc) is 2.27. The van der Waals surface area contributed by atoms with Crippen molar-refractivity contribution in [3.63, 3.8) is 0 Å². The van der Waals surface area contributed by atoms with Gasteiger partial charge in [0, 0.05) is 18.1 Å². The van der Waals surface area contributed by atoms with Crippen molar-refractivity contribution in [1.29, 1.82) is 0 Å². The van der Waals surface area contributed by atoms with E-state index < -0.39 is 11.5 Å². The summed E-state index contributed by atoms with van der Waals surface area (Å²) in [5, 5.41) is 12.3. The maximum absolute atomic E-state index is 11.0. The Morgan fingerprint density at radius 3 is 2.67 bits per heavy atom. The van der Waals surface area contributed by atoms with Crippen molar-refractivity contribution in [3.8, 4) is 0 Å². The second kappa shape index (κ2) is 5.09. The van der Waals surface area contributed by atoms with Gasteiger partial charge in [-0.3, -0.25) is 4.79 Å². The third-order valence-corrected chi connectivity index (χ3v) is 3.25. The number of likely N-dealkylation sites (N-methyl/N-ethyl adjacent to an activating group) is 1.